The van der Waals surface area contributed by atoms with Crippen molar-refractivity contribution in [2.45, 2.75) is 45.6 Å². The fourth-order valence-corrected chi connectivity index (χ4v) is 3.16. The summed E-state index contributed by atoms with van der Waals surface area (Å²) in [6, 6.07) is 8.18. The zero-order chi connectivity index (χ0) is 15.5. The standard InChI is InChI=1S/C17H23ClN2S/c1-12-11-21-16(20-12)9-14(10-19-17(2,3)4)13-5-7-15(18)8-6-13/h5-8,11,14,19H,9-10H2,1-4H3. The van der Waals surface area contributed by atoms with Gasteiger partial charge in [-0.1, -0.05) is 23.7 Å². The van der Waals surface area contributed by atoms with Crippen molar-refractivity contribution in [1.82, 2.24) is 10.3 Å². The summed E-state index contributed by atoms with van der Waals surface area (Å²) in [7, 11) is 0. The highest BCUT2D eigenvalue weighted by Gasteiger charge is 2.18. The molecule has 0 saturated carbocycles. The minimum Gasteiger partial charge on any atom is -0.311 e. The van der Waals surface area contributed by atoms with Crippen molar-refractivity contribution < 1.29 is 0 Å². The van der Waals surface area contributed by atoms with Gasteiger partial charge in [0.05, 0.1) is 5.01 Å². The largest absolute Gasteiger partial charge is 0.311 e. The zero-order valence-corrected chi connectivity index (χ0v) is 14.7. The number of nitrogens with zero attached hydrogens (tertiary/aromatic N) is 1. The smallest absolute Gasteiger partial charge is 0.0934 e. The molecule has 21 heavy (non-hydrogen) atoms. The van der Waals surface area contributed by atoms with E-state index in [1.807, 2.05) is 19.1 Å². The summed E-state index contributed by atoms with van der Waals surface area (Å²) in [5.41, 5.74) is 2.53. The van der Waals surface area contributed by atoms with Gasteiger partial charge in [0.25, 0.3) is 0 Å². The Labute approximate surface area is 136 Å². The molecular weight excluding hydrogens is 300 g/mol. The molecule has 1 N–H and O–H groups in total. The highest BCUT2D eigenvalue weighted by molar-refractivity contribution is 7.09. The Bertz CT molecular complexity index is 569. The molecule has 0 bridgehead atoms. The van der Waals surface area contributed by atoms with Gasteiger partial charge in [-0.2, -0.15) is 0 Å². The molecule has 2 nitrogen and oxygen atoms in total. The Morgan fingerprint density at radius 3 is 2.43 bits per heavy atom. The molecule has 1 unspecified atom stereocenters. The van der Waals surface area contributed by atoms with E-state index in [-0.39, 0.29) is 5.54 Å². The Morgan fingerprint density at radius 2 is 1.90 bits per heavy atom. The lowest BCUT2D eigenvalue weighted by Crippen LogP contribution is -2.39. The van der Waals surface area contributed by atoms with Gasteiger partial charge >= 0.3 is 0 Å². The summed E-state index contributed by atoms with van der Waals surface area (Å²) in [6.07, 6.45) is 0.962. The first-order valence-electron chi connectivity index (χ1n) is 7.25. The number of rotatable bonds is 5. The normalized spacial score (nSPS) is 13.4. The highest BCUT2D eigenvalue weighted by Crippen LogP contribution is 2.24. The van der Waals surface area contributed by atoms with Gasteiger partial charge in [0.15, 0.2) is 0 Å². The Hall–Kier alpha value is -0.900. The Kier molecular flexibility index (Phi) is 5.42. The molecular formula is C17H23ClN2S. The lowest BCUT2D eigenvalue weighted by atomic mass is 9.94. The number of thiazole rings is 1. The van der Waals surface area contributed by atoms with Crippen LogP contribution in [0.4, 0.5) is 0 Å². The maximum Gasteiger partial charge on any atom is 0.0934 e. The van der Waals surface area contributed by atoms with E-state index >= 15 is 0 Å². The van der Waals surface area contributed by atoms with Crippen LogP contribution in [0.5, 0.6) is 0 Å². The van der Waals surface area contributed by atoms with E-state index in [0.717, 1.165) is 23.7 Å². The number of hydrogen-bond donors (Lipinski definition) is 1. The first-order valence-corrected chi connectivity index (χ1v) is 8.51. The maximum absolute atomic E-state index is 6.00. The Morgan fingerprint density at radius 1 is 1.24 bits per heavy atom. The zero-order valence-electron chi connectivity index (χ0n) is 13.1. The molecule has 1 atom stereocenters. The van der Waals surface area contributed by atoms with Gasteiger partial charge in [-0.25, -0.2) is 4.98 Å². The van der Waals surface area contributed by atoms with Crippen LogP contribution in [0.15, 0.2) is 29.6 Å². The van der Waals surface area contributed by atoms with Crippen molar-refractivity contribution in [3.8, 4) is 0 Å². The monoisotopic (exact) mass is 322 g/mol. The van der Waals surface area contributed by atoms with Crippen LogP contribution >= 0.6 is 22.9 Å². The summed E-state index contributed by atoms with van der Waals surface area (Å²) in [6.45, 7) is 9.56. The van der Waals surface area contributed by atoms with Crippen LogP contribution in [0.2, 0.25) is 5.02 Å². The fourth-order valence-electron chi connectivity index (χ4n) is 2.18. The summed E-state index contributed by atoms with van der Waals surface area (Å²) < 4.78 is 0. The molecule has 0 aliphatic rings. The SMILES string of the molecule is Cc1csc(CC(CNC(C)(C)C)c2ccc(Cl)cc2)n1. The van der Waals surface area contributed by atoms with E-state index in [4.69, 9.17) is 11.6 Å². The average Bonchev–Trinajstić information content (AvgIpc) is 2.80. The van der Waals surface area contributed by atoms with E-state index in [1.165, 1.54) is 10.6 Å². The molecule has 0 aliphatic heterocycles. The van der Waals surface area contributed by atoms with E-state index in [1.54, 1.807) is 11.3 Å². The van der Waals surface area contributed by atoms with Crippen molar-refractivity contribution in [1.29, 1.82) is 0 Å². The summed E-state index contributed by atoms with van der Waals surface area (Å²) in [5, 5.41) is 7.70. The summed E-state index contributed by atoms with van der Waals surface area (Å²) >= 11 is 7.75. The first-order chi connectivity index (χ1) is 9.83. The molecule has 0 saturated heterocycles. The molecule has 2 rings (SSSR count). The van der Waals surface area contributed by atoms with Gasteiger partial charge in [-0.3, -0.25) is 0 Å². The average molecular weight is 323 g/mol. The van der Waals surface area contributed by atoms with Crippen molar-refractivity contribution in [3.63, 3.8) is 0 Å². The lowest BCUT2D eigenvalue weighted by molar-refractivity contribution is 0.405. The molecule has 2 aromatic rings. The third-order valence-corrected chi connectivity index (χ3v) is 4.55. The highest BCUT2D eigenvalue weighted by atomic mass is 35.5. The third-order valence-electron chi connectivity index (χ3n) is 3.31. The second-order valence-corrected chi connectivity index (χ2v) is 7.85. The van der Waals surface area contributed by atoms with Crippen molar-refractivity contribution in [3.05, 3.63) is 50.9 Å². The molecule has 1 heterocycles. The van der Waals surface area contributed by atoms with Crippen molar-refractivity contribution in [2.24, 2.45) is 0 Å². The molecule has 4 heteroatoms. The number of hydrogen-bond acceptors (Lipinski definition) is 3. The van der Waals surface area contributed by atoms with Gasteiger partial charge in [0, 0.05) is 40.5 Å². The minimum absolute atomic E-state index is 0.115. The van der Waals surface area contributed by atoms with Gasteiger partial charge < -0.3 is 5.32 Å². The first kappa shape index (κ1) is 16.5. The molecule has 0 fully saturated rings. The van der Waals surface area contributed by atoms with E-state index in [0.29, 0.717) is 5.92 Å². The topological polar surface area (TPSA) is 24.9 Å². The van der Waals surface area contributed by atoms with Crippen LogP contribution in [0.25, 0.3) is 0 Å². The molecule has 0 amide bonds. The van der Waals surface area contributed by atoms with Crippen LogP contribution in [-0.2, 0) is 6.42 Å². The summed E-state index contributed by atoms with van der Waals surface area (Å²) in [5.74, 6) is 0.409. The lowest BCUT2D eigenvalue weighted by Gasteiger charge is -2.25. The van der Waals surface area contributed by atoms with E-state index < -0.39 is 0 Å². The van der Waals surface area contributed by atoms with Crippen LogP contribution in [-0.4, -0.2) is 17.1 Å². The summed E-state index contributed by atoms with van der Waals surface area (Å²) in [4.78, 5) is 4.60. The van der Waals surface area contributed by atoms with Crippen LogP contribution in [0.3, 0.4) is 0 Å². The number of aryl methyl sites for hydroxylation is 1. The van der Waals surface area contributed by atoms with Crippen molar-refractivity contribution >= 4 is 22.9 Å². The van der Waals surface area contributed by atoms with Gasteiger partial charge in [-0.15, -0.1) is 11.3 Å². The second kappa shape index (κ2) is 6.91. The van der Waals surface area contributed by atoms with E-state index in [9.17, 15) is 0 Å². The van der Waals surface area contributed by atoms with Gasteiger partial charge in [0.2, 0.25) is 0 Å². The van der Waals surface area contributed by atoms with Crippen molar-refractivity contribution in [2.75, 3.05) is 6.54 Å². The molecule has 114 valence electrons. The van der Waals surface area contributed by atoms with Crippen LogP contribution in [0.1, 0.15) is 43.0 Å². The van der Waals surface area contributed by atoms with Crippen LogP contribution < -0.4 is 5.32 Å². The predicted molar refractivity (Wildman–Crippen MR) is 92.5 cm³/mol. The molecule has 0 spiro atoms. The maximum atomic E-state index is 6.00. The number of benzene rings is 1. The number of halogens is 1. The number of nitrogens with one attached hydrogen (secondary N) is 1. The van der Waals surface area contributed by atoms with Gasteiger partial charge in [-0.05, 0) is 45.4 Å². The molecule has 1 aromatic carbocycles. The van der Waals surface area contributed by atoms with Crippen LogP contribution in [0, 0.1) is 6.92 Å². The fraction of sp³-hybridized carbons (Fsp3) is 0.471. The van der Waals surface area contributed by atoms with Gasteiger partial charge in [0.1, 0.15) is 0 Å². The predicted octanol–water partition coefficient (Wildman–Crippen LogP) is 4.82. The molecule has 0 radical (unpaired) electrons. The van der Waals surface area contributed by atoms with E-state index in [2.05, 4.69) is 48.6 Å². The molecule has 1 aromatic heterocycles. The third kappa shape index (κ3) is 5.42. The Balaban J connectivity index is 2.15. The minimum atomic E-state index is 0.115. The quantitative estimate of drug-likeness (QED) is 0.853. The molecule has 0 aliphatic carbocycles. The number of aromatic nitrogens is 1. The second-order valence-electron chi connectivity index (χ2n) is 6.47.